The molecule has 0 fully saturated rings. The maximum atomic E-state index is 6.00. The van der Waals surface area contributed by atoms with Gasteiger partial charge >= 0.3 is 0 Å². The third-order valence-electron chi connectivity index (χ3n) is 4.24. The fourth-order valence-electron chi connectivity index (χ4n) is 3.08. The Bertz CT molecular complexity index is 1230. The number of benzene rings is 1. The number of rotatable bonds is 2. The number of aromatic nitrogens is 4. The van der Waals surface area contributed by atoms with E-state index in [2.05, 4.69) is 20.3 Å². The van der Waals surface area contributed by atoms with Crippen molar-refractivity contribution in [3.63, 3.8) is 0 Å². The van der Waals surface area contributed by atoms with E-state index in [-0.39, 0.29) is 0 Å². The minimum atomic E-state index is 0.705. The van der Waals surface area contributed by atoms with Crippen molar-refractivity contribution in [2.45, 2.75) is 0 Å². The third kappa shape index (κ3) is 2.28. The van der Waals surface area contributed by atoms with Gasteiger partial charge in [-0.3, -0.25) is 9.97 Å². The predicted molar refractivity (Wildman–Crippen MR) is 101 cm³/mol. The molecule has 4 heterocycles. The largest absolute Gasteiger partial charge is 0.353 e. The van der Waals surface area contributed by atoms with Crippen LogP contribution in [-0.2, 0) is 0 Å². The fraction of sp³-hybridized carbons (Fsp3) is 0. The summed E-state index contributed by atoms with van der Waals surface area (Å²) in [4.78, 5) is 16.6. The Labute approximate surface area is 147 Å². The zero-order valence-corrected chi connectivity index (χ0v) is 13.7. The van der Waals surface area contributed by atoms with E-state index in [1.807, 2.05) is 42.6 Å². The summed E-state index contributed by atoms with van der Waals surface area (Å²) in [5.41, 5.74) is 5.54. The summed E-state index contributed by atoms with van der Waals surface area (Å²) >= 11 is 6.00. The Kier molecular flexibility index (Phi) is 3.08. The SMILES string of the molecule is Clc1ccc(Nc2c3ccncc3nc3c2[nH]c2cnccc23)cc1. The summed E-state index contributed by atoms with van der Waals surface area (Å²) in [5, 5.41) is 6.24. The van der Waals surface area contributed by atoms with Crippen LogP contribution >= 0.6 is 11.6 Å². The smallest absolute Gasteiger partial charge is 0.0988 e. The van der Waals surface area contributed by atoms with Gasteiger partial charge in [0, 0.05) is 33.9 Å². The number of aromatic amines is 1. The summed E-state index contributed by atoms with van der Waals surface area (Å²) in [5.74, 6) is 0. The molecule has 5 rings (SSSR count). The highest BCUT2D eigenvalue weighted by Gasteiger charge is 2.14. The highest BCUT2D eigenvalue weighted by atomic mass is 35.5. The van der Waals surface area contributed by atoms with Crippen LogP contribution in [0.1, 0.15) is 0 Å². The topological polar surface area (TPSA) is 66.5 Å². The maximum absolute atomic E-state index is 6.00. The van der Waals surface area contributed by atoms with Gasteiger partial charge < -0.3 is 10.3 Å². The van der Waals surface area contributed by atoms with E-state index in [0.717, 1.165) is 44.2 Å². The number of H-pyrrole nitrogens is 1. The summed E-state index contributed by atoms with van der Waals surface area (Å²) in [7, 11) is 0. The van der Waals surface area contributed by atoms with Gasteiger partial charge in [-0.15, -0.1) is 0 Å². The van der Waals surface area contributed by atoms with Gasteiger partial charge in [0.2, 0.25) is 0 Å². The summed E-state index contributed by atoms with van der Waals surface area (Å²) < 4.78 is 0. The van der Waals surface area contributed by atoms with Crippen LogP contribution < -0.4 is 5.32 Å². The van der Waals surface area contributed by atoms with Crippen molar-refractivity contribution in [2.24, 2.45) is 0 Å². The van der Waals surface area contributed by atoms with Crippen LogP contribution in [0, 0.1) is 0 Å². The molecule has 0 aliphatic heterocycles. The molecule has 0 unspecified atom stereocenters. The number of hydrogen-bond donors (Lipinski definition) is 2. The van der Waals surface area contributed by atoms with Crippen LogP contribution in [0.4, 0.5) is 11.4 Å². The van der Waals surface area contributed by atoms with Crippen LogP contribution in [0.3, 0.4) is 0 Å². The van der Waals surface area contributed by atoms with Crippen LogP contribution in [0.2, 0.25) is 5.02 Å². The number of nitrogens with one attached hydrogen (secondary N) is 2. The molecule has 1 aromatic carbocycles. The molecule has 0 radical (unpaired) electrons. The van der Waals surface area contributed by atoms with Crippen molar-refractivity contribution in [1.29, 1.82) is 0 Å². The molecule has 6 heteroatoms. The molecule has 4 aromatic heterocycles. The second-order valence-electron chi connectivity index (χ2n) is 5.78. The summed E-state index contributed by atoms with van der Waals surface area (Å²) in [6, 6.07) is 11.6. The predicted octanol–water partition coefficient (Wildman–Crippen LogP) is 5.06. The second kappa shape index (κ2) is 5.43. The Hall–Kier alpha value is -3.18. The molecule has 5 aromatic rings. The number of pyridine rings is 3. The Morgan fingerprint density at radius 2 is 1.64 bits per heavy atom. The molecule has 0 spiro atoms. The van der Waals surface area contributed by atoms with Crippen molar-refractivity contribution in [3.8, 4) is 0 Å². The average molecular weight is 346 g/mol. The van der Waals surface area contributed by atoms with Crippen molar-refractivity contribution < 1.29 is 0 Å². The van der Waals surface area contributed by atoms with Crippen LogP contribution in [0.15, 0.2) is 61.2 Å². The first-order chi connectivity index (χ1) is 12.3. The molecule has 0 saturated heterocycles. The zero-order chi connectivity index (χ0) is 16.8. The quantitative estimate of drug-likeness (QED) is 0.469. The van der Waals surface area contributed by atoms with E-state index in [0.29, 0.717) is 5.02 Å². The van der Waals surface area contributed by atoms with Gasteiger partial charge in [0.1, 0.15) is 0 Å². The first-order valence-electron chi connectivity index (χ1n) is 7.81. The van der Waals surface area contributed by atoms with Crippen LogP contribution in [0.25, 0.3) is 32.8 Å². The Morgan fingerprint density at radius 3 is 2.48 bits per heavy atom. The van der Waals surface area contributed by atoms with Crippen molar-refractivity contribution in [3.05, 3.63) is 66.2 Å². The molecule has 0 atom stereocenters. The molecule has 0 aliphatic rings. The lowest BCUT2D eigenvalue weighted by Crippen LogP contribution is -1.95. The normalized spacial score (nSPS) is 11.4. The van der Waals surface area contributed by atoms with Gasteiger partial charge in [-0.25, -0.2) is 4.98 Å². The standard InChI is InChI=1S/C19H12ClN5/c20-11-1-3-12(4-2-11)23-17-13-5-7-21-9-15(13)24-18-14-6-8-22-10-16(14)25-19(17)18/h1-10,25H,(H,23,24). The van der Waals surface area contributed by atoms with E-state index >= 15 is 0 Å². The molecule has 5 nitrogen and oxygen atoms in total. The number of fused-ring (bicyclic) bond motifs is 4. The highest BCUT2D eigenvalue weighted by Crippen LogP contribution is 2.35. The highest BCUT2D eigenvalue weighted by molar-refractivity contribution is 6.30. The number of hydrogen-bond acceptors (Lipinski definition) is 4. The second-order valence-corrected chi connectivity index (χ2v) is 6.22. The molecule has 25 heavy (non-hydrogen) atoms. The van der Waals surface area contributed by atoms with Crippen molar-refractivity contribution in [1.82, 2.24) is 19.9 Å². The maximum Gasteiger partial charge on any atom is 0.0988 e. The molecule has 0 bridgehead atoms. The average Bonchev–Trinajstić information content (AvgIpc) is 3.02. The monoisotopic (exact) mass is 345 g/mol. The Morgan fingerprint density at radius 1 is 0.880 bits per heavy atom. The van der Waals surface area contributed by atoms with Crippen LogP contribution in [-0.4, -0.2) is 19.9 Å². The summed E-state index contributed by atoms with van der Waals surface area (Å²) in [6.07, 6.45) is 7.14. The van der Waals surface area contributed by atoms with Crippen LogP contribution in [0.5, 0.6) is 0 Å². The van der Waals surface area contributed by atoms with Gasteiger partial charge in [-0.05, 0) is 36.4 Å². The van der Waals surface area contributed by atoms with E-state index in [1.54, 1.807) is 18.6 Å². The molecule has 2 N–H and O–H groups in total. The van der Waals surface area contributed by atoms with Gasteiger partial charge in [0.05, 0.1) is 40.1 Å². The van der Waals surface area contributed by atoms with Gasteiger partial charge in [0.15, 0.2) is 0 Å². The first-order valence-corrected chi connectivity index (χ1v) is 8.19. The lowest BCUT2D eigenvalue weighted by molar-refractivity contribution is 1.33. The lowest BCUT2D eigenvalue weighted by Gasteiger charge is -2.11. The van der Waals surface area contributed by atoms with Gasteiger partial charge in [-0.1, -0.05) is 11.6 Å². The van der Waals surface area contributed by atoms with E-state index in [4.69, 9.17) is 16.6 Å². The zero-order valence-electron chi connectivity index (χ0n) is 13.0. The number of halogens is 1. The van der Waals surface area contributed by atoms with E-state index < -0.39 is 0 Å². The molecular formula is C19H12ClN5. The lowest BCUT2D eigenvalue weighted by atomic mass is 10.1. The molecule has 120 valence electrons. The van der Waals surface area contributed by atoms with Gasteiger partial charge in [-0.2, -0.15) is 0 Å². The number of anilines is 2. The first kappa shape index (κ1) is 14.2. The fourth-order valence-corrected chi connectivity index (χ4v) is 3.20. The third-order valence-corrected chi connectivity index (χ3v) is 4.49. The molecule has 0 aliphatic carbocycles. The minimum Gasteiger partial charge on any atom is -0.353 e. The molecule has 0 amide bonds. The summed E-state index contributed by atoms with van der Waals surface area (Å²) in [6.45, 7) is 0. The van der Waals surface area contributed by atoms with Gasteiger partial charge in [0.25, 0.3) is 0 Å². The van der Waals surface area contributed by atoms with E-state index in [1.165, 1.54) is 0 Å². The molecule has 0 saturated carbocycles. The van der Waals surface area contributed by atoms with Crippen molar-refractivity contribution >= 4 is 55.8 Å². The Balaban J connectivity index is 1.84. The molecular weight excluding hydrogens is 334 g/mol. The van der Waals surface area contributed by atoms with Crippen molar-refractivity contribution in [2.75, 3.05) is 5.32 Å². The minimum absolute atomic E-state index is 0.705. The van der Waals surface area contributed by atoms with E-state index in [9.17, 15) is 0 Å². The number of nitrogens with zero attached hydrogens (tertiary/aromatic N) is 3.